The molecule has 0 spiro atoms. The lowest BCUT2D eigenvalue weighted by atomic mass is 9.79. The van der Waals surface area contributed by atoms with Crippen LogP contribution >= 0.6 is 0 Å². The minimum absolute atomic E-state index is 0.164. The fourth-order valence-electron chi connectivity index (χ4n) is 3.77. The summed E-state index contributed by atoms with van der Waals surface area (Å²) in [6.07, 6.45) is 3.46. The molecule has 2 aromatic carbocycles. The van der Waals surface area contributed by atoms with Crippen LogP contribution < -0.4 is 0 Å². The molecule has 0 radical (unpaired) electrons. The summed E-state index contributed by atoms with van der Waals surface area (Å²) in [5.41, 5.74) is 2.88. The van der Waals surface area contributed by atoms with E-state index in [1.807, 2.05) is 18.2 Å². The zero-order valence-electron chi connectivity index (χ0n) is 12.5. The van der Waals surface area contributed by atoms with Gasteiger partial charge >= 0.3 is 0 Å². The van der Waals surface area contributed by atoms with E-state index < -0.39 is 5.60 Å². The van der Waals surface area contributed by atoms with Gasteiger partial charge in [-0.15, -0.1) is 6.58 Å². The van der Waals surface area contributed by atoms with E-state index in [1.165, 1.54) is 11.1 Å². The molecule has 0 aliphatic heterocycles. The van der Waals surface area contributed by atoms with E-state index >= 15 is 0 Å². The van der Waals surface area contributed by atoms with Crippen LogP contribution in [0.2, 0.25) is 0 Å². The summed E-state index contributed by atoms with van der Waals surface area (Å²) < 4.78 is 0. The van der Waals surface area contributed by atoms with Gasteiger partial charge in [-0.2, -0.15) is 0 Å². The average molecular weight is 278 g/mol. The summed E-state index contributed by atoms with van der Waals surface area (Å²) in [5.74, 6) is 0.425. The molecule has 21 heavy (non-hydrogen) atoms. The topological polar surface area (TPSA) is 20.2 Å². The normalized spacial score (nSPS) is 27.3. The Morgan fingerprint density at radius 1 is 1.10 bits per heavy atom. The largest absolute Gasteiger partial charge is 0.385 e. The highest BCUT2D eigenvalue weighted by Crippen LogP contribution is 2.53. The Morgan fingerprint density at radius 2 is 1.76 bits per heavy atom. The molecule has 1 nitrogen and oxygen atoms in total. The Hall–Kier alpha value is -1.86. The van der Waals surface area contributed by atoms with Gasteiger partial charge < -0.3 is 5.11 Å². The molecule has 3 unspecified atom stereocenters. The van der Waals surface area contributed by atoms with Crippen LogP contribution in [0.15, 0.2) is 67.3 Å². The molecule has 1 aliphatic carbocycles. The average Bonchev–Trinajstić information content (AvgIpc) is 2.75. The highest BCUT2D eigenvalue weighted by molar-refractivity contribution is 5.47. The first kappa shape index (κ1) is 14.1. The molecule has 0 heterocycles. The van der Waals surface area contributed by atoms with Gasteiger partial charge in [0.05, 0.1) is 5.60 Å². The summed E-state index contributed by atoms with van der Waals surface area (Å²) in [5, 5.41) is 11.3. The van der Waals surface area contributed by atoms with E-state index in [4.69, 9.17) is 0 Å². The van der Waals surface area contributed by atoms with Crippen LogP contribution in [-0.4, -0.2) is 5.11 Å². The van der Waals surface area contributed by atoms with Crippen molar-refractivity contribution < 1.29 is 5.11 Å². The molecule has 3 rings (SSSR count). The second-order valence-electron chi connectivity index (χ2n) is 6.02. The maximum Gasteiger partial charge on any atom is 0.0936 e. The van der Waals surface area contributed by atoms with E-state index in [0.29, 0.717) is 0 Å². The van der Waals surface area contributed by atoms with Gasteiger partial charge in [0, 0.05) is 5.92 Å². The zero-order valence-corrected chi connectivity index (χ0v) is 12.5. The lowest BCUT2D eigenvalue weighted by molar-refractivity contribution is -0.0162. The van der Waals surface area contributed by atoms with E-state index in [0.717, 1.165) is 18.4 Å². The first-order valence-electron chi connectivity index (χ1n) is 7.66. The Morgan fingerprint density at radius 3 is 2.48 bits per heavy atom. The number of rotatable bonds is 4. The standard InChI is InChI=1S/C20H22O/c1-3-4-14-20(21)15(2)19(16-10-6-5-7-11-16)17-12-8-9-13-18(17)20/h3,5-13,15,19,21H,1,4,14H2,2H3. The van der Waals surface area contributed by atoms with Gasteiger partial charge in [0.25, 0.3) is 0 Å². The van der Waals surface area contributed by atoms with Gasteiger partial charge in [-0.3, -0.25) is 0 Å². The molecule has 0 bridgehead atoms. The molecule has 1 aliphatic rings. The van der Waals surface area contributed by atoms with Crippen molar-refractivity contribution in [3.05, 3.63) is 83.9 Å². The van der Waals surface area contributed by atoms with Crippen LogP contribution in [0.5, 0.6) is 0 Å². The van der Waals surface area contributed by atoms with Crippen LogP contribution in [0.1, 0.15) is 42.4 Å². The quantitative estimate of drug-likeness (QED) is 0.809. The Bertz CT molecular complexity index is 631. The summed E-state index contributed by atoms with van der Waals surface area (Å²) in [6.45, 7) is 5.97. The number of fused-ring (bicyclic) bond motifs is 1. The van der Waals surface area contributed by atoms with Gasteiger partial charge in [0.15, 0.2) is 0 Å². The molecular formula is C20H22O. The minimum atomic E-state index is -0.759. The van der Waals surface area contributed by atoms with Crippen LogP contribution in [0.3, 0.4) is 0 Å². The van der Waals surface area contributed by atoms with Crippen LogP contribution in [0, 0.1) is 5.92 Å². The predicted molar refractivity (Wildman–Crippen MR) is 87.2 cm³/mol. The maximum absolute atomic E-state index is 11.3. The molecule has 0 amide bonds. The van der Waals surface area contributed by atoms with Crippen molar-refractivity contribution in [1.29, 1.82) is 0 Å². The fraction of sp³-hybridized carbons (Fsp3) is 0.300. The first-order valence-corrected chi connectivity index (χ1v) is 7.66. The molecule has 108 valence electrons. The highest BCUT2D eigenvalue weighted by atomic mass is 16.3. The van der Waals surface area contributed by atoms with Gasteiger partial charge in [0.1, 0.15) is 0 Å². The minimum Gasteiger partial charge on any atom is -0.385 e. The number of aliphatic hydroxyl groups is 1. The van der Waals surface area contributed by atoms with Crippen LogP contribution in [0.25, 0.3) is 0 Å². The third kappa shape index (κ3) is 2.22. The fourth-order valence-corrected chi connectivity index (χ4v) is 3.77. The highest BCUT2D eigenvalue weighted by Gasteiger charge is 2.48. The third-order valence-corrected chi connectivity index (χ3v) is 4.90. The summed E-state index contributed by atoms with van der Waals surface area (Å²) in [4.78, 5) is 0. The predicted octanol–water partition coefficient (Wildman–Crippen LogP) is 4.62. The van der Waals surface area contributed by atoms with Crippen molar-refractivity contribution >= 4 is 0 Å². The van der Waals surface area contributed by atoms with Crippen molar-refractivity contribution in [3.8, 4) is 0 Å². The van der Waals surface area contributed by atoms with E-state index in [-0.39, 0.29) is 11.8 Å². The van der Waals surface area contributed by atoms with E-state index in [2.05, 4.69) is 56.0 Å². The van der Waals surface area contributed by atoms with Gasteiger partial charge in [-0.1, -0.05) is 67.6 Å². The molecule has 0 saturated heterocycles. The summed E-state index contributed by atoms with van der Waals surface area (Å²) >= 11 is 0. The van der Waals surface area contributed by atoms with Crippen molar-refractivity contribution in [2.24, 2.45) is 5.92 Å². The van der Waals surface area contributed by atoms with Crippen molar-refractivity contribution in [1.82, 2.24) is 0 Å². The van der Waals surface area contributed by atoms with Crippen LogP contribution in [0.4, 0.5) is 0 Å². The van der Waals surface area contributed by atoms with Crippen molar-refractivity contribution in [2.45, 2.75) is 31.3 Å². The Labute approximate surface area is 127 Å². The van der Waals surface area contributed by atoms with Gasteiger partial charge in [-0.25, -0.2) is 0 Å². The molecule has 3 atom stereocenters. The number of hydrogen-bond donors (Lipinski definition) is 1. The number of benzene rings is 2. The van der Waals surface area contributed by atoms with Crippen molar-refractivity contribution in [2.75, 3.05) is 0 Å². The molecule has 0 fully saturated rings. The Balaban J connectivity index is 2.10. The van der Waals surface area contributed by atoms with Gasteiger partial charge in [0.2, 0.25) is 0 Å². The SMILES string of the molecule is C=CCCC1(O)c2ccccc2C(c2ccccc2)C1C. The van der Waals surface area contributed by atoms with E-state index in [9.17, 15) is 5.11 Å². The number of hydrogen-bond acceptors (Lipinski definition) is 1. The molecule has 0 aromatic heterocycles. The summed E-state index contributed by atoms with van der Waals surface area (Å²) in [7, 11) is 0. The lowest BCUT2D eigenvalue weighted by Gasteiger charge is -2.31. The second-order valence-corrected chi connectivity index (χ2v) is 6.02. The third-order valence-electron chi connectivity index (χ3n) is 4.90. The molecule has 0 saturated carbocycles. The van der Waals surface area contributed by atoms with Crippen LogP contribution in [-0.2, 0) is 5.60 Å². The van der Waals surface area contributed by atoms with Gasteiger partial charge in [-0.05, 0) is 35.4 Å². The smallest absolute Gasteiger partial charge is 0.0936 e. The summed E-state index contributed by atoms with van der Waals surface area (Å²) in [6, 6.07) is 18.9. The first-order chi connectivity index (χ1) is 10.2. The number of allylic oxidation sites excluding steroid dienone is 1. The molecule has 1 N–H and O–H groups in total. The lowest BCUT2D eigenvalue weighted by Crippen LogP contribution is -2.30. The molecule has 1 heteroatoms. The van der Waals surface area contributed by atoms with Crippen molar-refractivity contribution in [3.63, 3.8) is 0 Å². The monoisotopic (exact) mass is 278 g/mol. The van der Waals surface area contributed by atoms with E-state index in [1.54, 1.807) is 0 Å². The molecular weight excluding hydrogens is 256 g/mol. The maximum atomic E-state index is 11.3. The molecule has 2 aromatic rings. The second kappa shape index (κ2) is 5.50. The zero-order chi connectivity index (χ0) is 14.9. The Kier molecular flexibility index (Phi) is 3.69.